The smallest absolute Gasteiger partial charge is 0.270 e. The van der Waals surface area contributed by atoms with Gasteiger partial charge in [-0.1, -0.05) is 15.9 Å². The van der Waals surface area contributed by atoms with Crippen LogP contribution in [0.25, 0.3) is 0 Å². The second-order valence-electron chi connectivity index (χ2n) is 4.51. The average molecular weight is 328 g/mol. The molecule has 1 atom stereocenters. The molecule has 0 spiro atoms. The molecule has 1 aliphatic rings. The Morgan fingerprint density at radius 3 is 2.89 bits per heavy atom. The molecular weight excluding hydrogens is 314 g/mol. The van der Waals surface area contributed by atoms with E-state index in [0.717, 1.165) is 12.0 Å². The number of benzene rings is 1. The number of nitro groups is 1. The molecule has 1 aliphatic heterocycles. The zero-order valence-corrected chi connectivity index (χ0v) is 11.8. The van der Waals surface area contributed by atoms with Gasteiger partial charge in [0.05, 0.1) is 4.92 Å². The molecule has 6 nitrogen and oxygen atoms in total. The van der Waals surface area contributed by atoms with E-state index in [1.807, 2.05) is 6.07 Å². The number of halogens is 1. The molecule has 0 radical (unpaired) electrons. The molecule has 0 aromatic heterocycles. The van der Waals surface area contributed by atoms with Crippen molar-refractivity contribution in [2.45, 2.75) is 25.4 Å². The molecular formula is C12H14BrN3O3. The van der Waals surface area contributed by atoms with E-state index in [4.69, 9.17) is 0 Å². The fourth-order valence-corrected chi connectivity index (χ4v) is 2.59. The van der Waals surface area contributed by atoms with Crippen LogP contribution in [-0.4, -0.2) is 23.4 Å². The number of carbonyl (C=O) groups is 1. The van der Waals surface area contributed by atoms with Gasteiger partial charge in [-0.15, -0.1) is 0 Å². The fourth-order valence-electron chi connectivity index (χ4n) is 2.06. The zero-order chi connectivity index (χ0) is 13.8. The summed E-state index contributed by atoms with van der Waals surface area (Å²) in [6, 6.07) is 5.02. The number of non-ortho nitro benzene ring substituents is 1. The second-order valence-corrected chi connectivity index (χ2v) is 5.42. The number of nitro benzene ring substituents is 1. The molecule has 19 heavy (non-hydrogen) atoms. The Balaban J connectivity index is 1.88. The maximum absolute atomic E-state index is 11.0. The molecule has 1 unspecified atom stereocenters. The standard InChI is InChI=1S/C12H14BrN3O3/c13-9-3-8(4-11(5-9)16(18)19)6-14-7-10-1-2-12(17)15-10/h3-5,10,14H,1-2,6-7H2,(H,15,17). The first kappa shape index (κ1) is 14.0. The summed E-state index contributed by atoms with van der Waals surface area (Å²) in [5.41, 5.74) is 0.908. The normalized spacial score (nSPS) is 18.4. The molecule has 1 aromatic carbocycles. The number of rotatable bonds is 5. The van der Waals surface area contributed by atoms with Crippen molar-refractivity contribution >= 4 is 27.5 Å². The van der Waals surface area contributed by atoms with Crippen LogP contribution < -0.4 is 10.6 Å². The van der Waals surface area contributed by atoms with Crippen LogP contribution in [0.5, 0.6) is 0 Å². The van der Waals surface area contributed by atoms with E-state index in [1.165, 1.54) is 6.07 Å². The second kappa shape index (κ2) is 6.12. The van der Waals surface area contributed by atoms with Crippen LogP contribution >= 0.6 is 15.9 Å². The number of nitrogens with zero attached hydrogens (tertiary/aromatic N) is 1. The summed E-state index contributed by atoms with van der Waals surface area (Å²) >= 11 is 3.26. The van der Waals surface area contributed by atoms with Gasteiger partial charge in [0, 0.05) is 42.2 Å². The lowest BCUT2D eigenvalue weighted by Gasteiger charge is -2.11. The summed E-state index contributed by atoms with van der Waals surface area (Å²) in [6.45, 7) is 1.21. The van der Waals surface area contributed by atoms with Gasteiger partial charge < -0.3 is 10.6 Å². The summed E-state index contributed by atoms with van der Waals surface area (Å²) in [5.74, 6) is 0.0879. The van der Waals surface area contributed by atoms with E-state index in [2.05, 4.69) is 26.6 Å². The highest BCUT2D eigenvalue weighted by Crippen LogP contribution is 2.21. The van der Waals surface area contributed by atoms with Gasteiger partial charge in [-0.05, 0) is 18.1 Å². The molecule has 1 aromatic rings. The highest BCUT2D eigenvalue weighted by Gasteiger charge is 2.19. The number of amides is 1. The van der Waals surface area contributed by atoms with Gasteiger partial charge in [0.2, 0.25) is 5.91 Å². The Kier molecular flexibility index (Phi) is 4.49. The van der Waals surface area contributed by atoms with Crippen molar-refractivity contribution in [1.82, 2.24) is 10.6 Å². The van der Waals surface area contributed by atoms with E-state index in [9.17, 15) is 14.9 Å². The van der Waals surface area contributed by atoms with Gasteiger partial charge in [0.25, 0.3) is 5.69 Å². The Bertz CT molecular complexity index is 507. The average Bonchev–Trinajstić information content (AvgIpc) is 2.74. The summed E-state index contributed by atoms with van der Waals surface area (Å²) in [7, 11) is 0. The minimum Gasteiger partial charge on any atom is -0.352 e. The van der Waals surface area contributed by atoms with Crippen molar-refractivity contribution in [2.24, 2.45) is 0 Å². The lowest BCUT2D eigenvalue weighted by molar-refractivity contribution is -0.385. The number of hydrogen-bond donors (Lipinski definition) is 2. The molecule has 2 N–H and O–H groups in total. The third-order valence-electron chi connectivity index (χ3n) is 2.96. The summed E-state index contributed by atoms with van der Waals surface area (Å²) in [6.07, 6.45) is 1.42. The predicted octanol–water partition coefficient (Wildman–Crippen LogP) is 1.73. The first-order valence-corrected chi connectivity index (χ1v) is 6.78. The van der Waals surface area contributed by atoms with Crippen LogP contribution in [0.1, 0.15) is 18.4 Å². The first-order chi connectivity index (χ1) is 9.04. The fraction of sp³-hybridized carbons (Fsp3) is 0.417. The maximum atomic E-state index is 11.0. The van der Waals surface area contributed by atoms with E-state index < -0.39 is 4.92 Å². The van der Waals surface area contributed by atoms with E-state index in [0.29, 0.717) is 24.0 Å². The van der Waals surface area contributed by atoms with Crippen molar-refractivity contribution in [3.8, 4) is 0 Å². The van der Waals surface area contributed by atoms with Gasteiger partial charge in [-0.25, -0.2) is 0 Å². The van der Waals surface area contributed by atoms with Crippen molar-refractivity contribution in [3.63, 3.8) is 0 Å². The highest BCUT2D eigenvalue weighted by atomic mass is 79.9. The monoisotopic (exact) mass is 327 g/mol. The van der Waals surface area contributed by atoms with Crippen molar-refractivity contribution in [3.05, 3.63) is 38.3 Å². The Morgan fingerprint density at radius 1 is 1.47 bits per heavy atom. The minimum absolute atomic E-state index is 0.0698. The largest absolute Gasteiger partial charge is 0.352 e. The van der Waals surface area contributed by atoms with E-state index >= 15 is 0 Å². The molecule has 0 aliphatic carbocycles. The lowest BCUT2D eigenvalue weighted by Crippen LogP contribution is -2.35. The van der Waals surface area contributed by atoms with Crippen LogP contribution in [0.15, 0.2) is 22.7 Å². The van der Waals surface area contributed by atoms with Crippen molar-refractivity contribution < 1.29 is 9.72 Å². The third-order valence-corrected chi connectivity index (χ3v) is 3.42. The van der Waals surface area contributed by atoms with Gasteiger partial charge in [0.15, 0.2) is 0 Å². The van der Waals surface area contributed by atoms with E-state index in [-0.39, 0.29) is 17.6 Å². The maximum Gasteiger partial charge on any atom is 0.270 e. The molecule has 1 fully saturated rings. The van der Waals surface area contributed by atoms with Crippen molar-refractivity contribution in [2.75, 3.05) is 6.54 Å². The SMILES string of the molecule is O=C1CCC(CNCc2cc(Br)cc([N+](=O)[O-])c2)N1. The Morgan fingerprint density at radius 2 is 2.26 bits per heavy atom. The number of nitrogens with one attached hydrogen (secondary N) is 2. The summed E-state index contributed by atoms with van der Waals surface area (Å²) in [4.78, 5) is 21.4. The Labute approximate surface area is 118 Å². The van der Waals surface area contributed by atoms with Crippen molar-refractivity contribution in [1.29, 1.82) is 0 Å². The molecule has 1 saturated heterocycles. The Hall–Kier alpha value is -1.47. The summed E-state index contributed by atoms with van der Waals surface area (Å²) < 4.78 is 0.688. The van der Waals surface area contributed by atoms with Crippen LogP contribution in [-0.2, 0) is 11.3 Å². The quantitative estimate of drug-likeness (QED) is 0.637. The predicted molar refractivity (Wildman–Crippen MR) is 73.7 cm³/mol. The third kappa shape index (κ3) is 4.00. The van der Waals surface area contributed by atoms with Gasteiger partial charge in [-0.2, -0.15) is 0 Å². The molecule has 0 bridgehead atoms. The van der Waals surface area contributed by atoms with Gasteiger partial charge >= 0.3 is 0 Å². The zero-order valence-electron chi connectivity index (χ0n) is 10.2. The topological polar surface area (TPSA) is 84.3 Å². The highest BCUT2D eigenvalue weighted by molar-refractivity contribution is 9.10. The van der Waals surface area contributed by atoms with Gasteiger partial charge in [-0.3, -0.25) is 14.9 Å². The molecule has 2 rings (SSSR count). The lowest BCUT2D eigenvalue weighted by atomic mass is 10.2. The number of hydrogen-bond acceptors (Lipinski definition) is 4. The van der Waals surface area contributed by atoms with E-state index in [1.54, 1.807) is 6.07 Å². The van der Waals surface area contributed by atoms with Crippen LogP contribution in [0.2, 0.25) is 0 Å². The minimum atomic E-state index is -0.411. The van der Waals surface area contributed by atoms with Gasteiger partial charge in [0.1, 0.15) is 0 Å². The molecule has 102 valence electrons. The number of carbonyl (C=O) groups excluding carboxylic acids is 1. The summed E-state index contributed by atoms with van der Waals surface area (Å²) in [5, 5.41) is 16.8. The van der Waals surface area contributed by atoms with Crippen LogP contribution in [0, 0.1) is 10.1 Å². The molecule has 0 saturated carbocycles. The van der Waals surface area contributed by atoms with Crippen LogP contribution in [0.4, 0.5) is 5.69 Å². The van der Waals surface area contributed by atoms with Crippen LogP contribution in [0.3, 0.4) is 0 Å². The molecule has 1 heterocycles. The molecule has 1 amide bonds. The molecule has 7 heteroatoms. The first-order valence-electron chi connectivity index (χ1n) is 5.98.